The molecule has 0 saturated carbocycles. The zero-order valence-corrected chi connectivity index (χ0v) is 24.8. The molecular weight excluding hydrogens is 562 g/mol. The van der Waals surface area contributed by atoms with Crippen molar-refractivity contribution >= 4 is 23.2 Å². The SMILES string of the molecule is CCCN(C(=O)c1nnc[nH]1)[C@H](CC)CCc1nc2c(-c3ccc(-c4ccc5c(c4)OCO5)nc3)cnn2c(N)c1C(C)=O. The number of aromatic nitrogens is 7. The molecule has 1 amide bonds. The molecule has 0 saturated heterocycles. The first-order chi connectivity index (χ1) is 21.4. The minimum Gasteiger partial charge on any atom is -0.454 e. The first kappa shape index (κ1) is 28.8. The van der Waals surface area contributed by atoms with Crippen LogP contribution in [0.2, 0.25) is 0 Å². The maximum atomic E-state index is 13.2. The molecule has 6 rings (SSSR count). The van der Waals surface area contributed by atoms with Crippen LogP contribution in [-0.2, 0) is 6.42 Å². The molecular formula is C31H33N9O4. The van der Waals surface area contributed by atoms with Crippen molar-refractivity contribution in [2.45, 2.75) is 52.5 Å². The van der Waals surface area contributed by atoms with Gasteiger partial charge in [-0.15, -0.1) is 10.2 Å². The summed E-state index contributed by atoms with van der Waals surface area (Å²) in [5.41, 5.74) is 11.2. The Morgan fingerprint density at radius 3 is 2.64 bits per heavy atom. The summed E-state index contributed by atoms with van der Waals surface area (Å²) in [6.07, 6.45) is 7.34. The first-order valence-electron chi connectivity index (χ1n) is 14.6. The summed E-state index contributed by atoms with van der Waals surface area (Å²) in [7, 11) is 0. The van der Waals surface area contributed by atoms with Gasteiger partial charge in [-0.25, -0.2) is 4.98 Å². The lowest BCUT2D eigenvalue weighted by atomic mass is 10.0. The number of rotatable bonds is 11. The van der Waals surface area contributed by atoms with E-state index in [1.165, 1.54) is 17.8 Å². The van der Waals surface area contributed by atoms with E-state index < -0.39 is 0 Å². The van der Waals surface area contributed by atoms with Crippen LogP contribution in [-0.4, -0.2) is 70.7 Å². The number of benzene rings is 1. The van der Waals surface area contributed by atoms with Crippen LogP contribution in [0.5, 0.6) is 11.5 Å². The van der Waals surface area contributed by atoms with E-state index in [-0.39, 0.29) is 36.2 Å². The molecule has 0 radical (unpaired) electrons. The Morgan fingerprint density at radius 2 is 1.93 bits per heavy atom. The van der Waals surface area contributed by atoms with Crippen molar-refractivity contribution in [3.05, 3.63) is 66.1 Å². The molecule has 13 heteroatoms. The van der Waals surface area contributed by atoms with Crippen LogP contribution in [0.1, 0.15) is 66.7 Å². The van der Waals surface area contributed by atoms with Crippen molar-refractivity contribution in [2.75, 3.05) is 19.1 Å². The highest BCUT2D eigenvalue weighted by Crippen LogP contribution is 2.36. The van der Waals surface area contributed by atoms with Gasteiger partial charge in [0.15, 0.2) is 22.9 Å². The van der Waals surface area contributed by atoms with E-state index in [4.69, 9.17) is 20.2 Å². The van der Waals surface area contributed by atoms with Gasteiger partial charge in [-0.2, -0.15) is 9.61 Å². The van der Waals surface area contributed by atoms with E-state index in [1.807, 2.05) is 49.1 Å². The normalized spacial score (nSPS) is 12.9. The predicted octanol–water partition coefficient (Wildman–Crippen LogP) is 4.35. The third kappa shape index (κ3) is 5.32. The minimum atomic E-state index is -0.208. The smallest absolute Gasteiger partial charge is 0.291 e. The highest BCUT2D eigenvalue weighted by Gasteiger charge is 2.27. The average molecular weight is 596 g/mol. The summed E-state index contributed by atoms with van der Waals surface area (Å²) in [6, 6.07) is 9.47. The van der Waals surface area contributed by atoms with Crippen LogP contribution in [0.4, 0.5) is 5.82 Å². The standard InChI is InChI=1S/C31H33N9O4/c1-4-12-39(31(42)29-34-16-35-38-29)21(5-2)8-10-24-27(18(3)41)28(32)40-30(37-24)22(15-36-40)20-6-9-23(33-14-20)19-7-11-25-26(13-19)44-17-43-25/h6-7,9,11,13-16,21H,4-5,8,10,12,17,32H2,1-3H3,(H,34,35,38)/t21-/m1/s1. The molecule has 44 heavy (non-hydrogen) atoms. The molecule has 0 aliphatic carbocycles. The number of pyridine rings is 1. The summed E-state index contributed by atoms with van der Waals surface area (Å²) in [5.74, 6) is 1.42. The first-order valence-corrected chi connectivity index (χ1v) is 14.6. The van der Waals surface area contributed by atoms with Crippen LogP contribution in [0.3, 0.4) is 0 Å². The summed E-state index contributed by atoms with van der Waals surface area (Å²) in [4.78, 5) is 40.2. The number of Topliss-reactive ketones (excluding diaryl/α,β-unsaturated/α-hetero) is 1. The number of nitrogen functional groups attached to an aromatic ring is 1. The van der Waals surface area contributed by atoms with E-state index in [2.05, 4.69) is 25.3 Å². The number of ketones is 1. The number of amides is 1. The zero-order chi connectivity index (χ0) is 30.8. The topological polar surface area (TPSA) is 167 Å². The lowest BCUT2D eigenvalue weighted by Gasteiger charge is -2.30. The van der Waals surface area contributed by atoms with Gasteiger partial charge in [0.05, 0.1) is 23.1 Å². The third-order valence-corrected chi connectivity index (χ3v) is 7.82. The second kappa shape index (κ2) is 12.1. The van der Waals surface area contributed by atoms with E-state index in [0.717, 1.165) is 28.8 Å². The van der Waals surface area contributed by atoms with E-state index in [0.29, 0.717) is 54.2 Å². The number of nitrogens with one attached hydrogen (secondary N) is 1. The quantitative estimate of drug-likeness (QED) is 0.210. The number of H-pyrrole nitrogens is 1. The highest BCUT2D eigenvalue weighted by atomic mass is 16.7. The van der Waals surface area contributed by atoms with Crippen molar-refractivity contribution in [2.24, 2.45) is 0 Å². The Bertz CT molecular complexity index is 1820. The van der Waals surface area contributed by atoms with Crippen molar-refractivity contribution < 1.29 is 19.1 Å². The lowest BCUT2D eigenvalue weighted by Crippen LogP contribution is -2.41. The van der Waals surface area contributed by atoms with Crippen molar-refractivity contribution in [1.29, 1.82) is 0 Å². The molecule has 3 N–H and O–H groups in total. The number of aryl methyl sites for hydroxylation is 1. The predicted molar refractivity (Wildman–Crippen MR) is 162 cm³/mol. The minimum absolute atomic E-state index is 0.107. The molecule has 226 valence electrons. The molecule has 0 bridgehead atoms. The molecule has 5 heterocycles. The van der Waals surface area contributed by atoms with E-state index >= 15 is 0 Å². The third-order valence-electron chi connectivity index (χ3n) is 7.82. The Labute approximate surface area is 253 Å². The number of nitrogens with two attached hydrogens (primary N) is 1. The van der Waals surface area contributed by atoms with Gasteiger partial charge in [0.2, 0.25) is 12.6 Å². The molecule has 0 fully saturated rings. The van der Waals surface area contributed by atoms with Crippen molar-refractivity contribution in [3.8, 4) is 33.9 Å². The summed E-state index contributed by atoms with van der Waals surface area (Å²) < 4.78 is 12.4. The van der Waals surface area contributed by atoms with Gasteiger partial charge in [-0.05, 0) is 56.9 Å². The van der Waals surface area contributed by atoms with Crippen molar-refractivity contribution in [3.63, 3.8) is 0 Å². The lowest BCUT2D eigenvalue weighted by molar-refractivity contribution is 0.0650. The van der Waals surface area contributed by atoms with Crippen LogP contribution >= 0.6 is 0 Å². The fourth-order valence-corrected chi connectivity index (χ4v) is 5.63. The molecule has 4 aromatic heterocycles. The number of carbonyl (C=O) groups is 2. The van der Waals surface area contributed by atoms with Crippen molar-refractivity contribution in [1.82, 2.24) is 39.7 Å². The van der Waals surface area contributed by atoms with Crippen LogP contribution in [0.15, 0.2) is 49.1 Å². The molecule has 5 aromatic rings. The van der Waals surface area contributed by atoms with Crippen LogP contribution in [0.25, 0.3) is 28.0 Å². The van der Waals surface area contributed by atoms with Crippen LogP contribution in [0, 0.1) is 0 Å². The largest absolute Gasteiger partial charge is 0.454 e. The van der Waals surface area contributed by atoms with Gasteiger partial charge < -0.3 is 25.1 Å². The number of hydrogen-bond acceptors (Lipinski definition) is 10. The monoisotopic (exact) mass is 595 g/mol. The molecule has 0 spiro atoms. The highest BCUT2D eigenvalue weighted by molar-refractivity contribution is 6.00. The average Bonchev–Trinajstić information content (AvgIpc) is 3.81. The molecule has 1 aliphatic heterocycles. The molecule has 1 aromatic carbocycles. The summed E-state index contributed by atoms with van der Waals surface area (Å²) >= 11 is 0. The summed E-state index contributed by atoms with van der Waals surface area (Å²) in [5, 5.41) is 12.1. The Hall–Kier alpha value is -5.33. The van der Waals surface area contributed by atoms with Gasteiger partial charge in [0.25, 0.3) is 5.91 Å². The number of ether oxygens (including phenoxy) is 2. The number of hydrogen-bond donors (Lipinski definition) is 2. The van der Waals surface area contributed by atoms with E-state index in [1.54, 1.807) is 12.4 Å². The Morgan fingerprint density at radius 1 is 1.11 bits per heavy atom. The summed E-state index contributed by atoms with van der Waals surface area (Å²) in [6.45, 7) is 6.30. The number of aromatic amines is 1. The maximum Gasteiger partial charge on any atom is 0.291 e. The fourth-order valence-electron chi connectivity index (χ4n) is 5.63. The molecule has 0 unspecified atom stereocenters. The molecule has 1 atom stereocenters. The Kier molecular flexibility index (Phi) is 7.92. The van der Waals surface area contributed by atoms with Gasteiger partial charge in [0, 0.05) is 35.5 Å². The fraction of sp³-hybridized carbons (Fsp3) is 0.323. The Balaban J connectivity index is 1.30. The van der Waals surface area contributed by atoms with Gasteiger partial charge >= 0.3 is 0 Å². The number of anilines is 1. The second-order valence-corrected chi connectivity index (χ2v) is 10.6. The number of fused-ring (bicyclic) bond motifs is 2. The number of nitrogens with zero attached hydrogens (tertiary/aromatic N) is 7. The zero-order valence-electron chi connectivity index (χ0n) is 24.8. The maximum absolute atomic E-state index is 13.2. The van der Waals surface area contributed by atoms with Crippen LogP contribution < -0.4 is 15.2 Å². The van der Waals surface area contributed by atoms with Gasteiger partial charge in [0.1, 0.15) is 12.1 Å². The van der Waals surface area contributed by atoms with Gasteiger partial charge in [-0.3, -0.25) is 14.6 Å². The second-order valence-electron chi connectivity index (χ2n) is 10.6. The number of carbonyl (C=O) groups excluding carboxylic acids is 2. The van der Waals surface area contributed by atoms with E-state index in [9.17, 15) is 9.59 Å². The molecule has 13 nitrogen and oxygen atoms in total. The molecule has 1 aliphatic rings. The van der Waals surface area contributed by atoms with Gasteiger partial charge in [-0.1, -0.05) is 19.9 Å².